The predicted octanol–water partition coefficient (Wildman–Crippen LogP) is 2.53. The molecule has 1 saturated heterocycles. The lowest BCUT2D eigenvalue weighted by Crippen LogP contribution is -2.48. The topological polar surface area (TPSA) is 46.3 Å². The molecule has 19 heavy (non-hydrogen) atoms. The molecule has 0 aliphatic carbocycles. The summed E-state index contributed by atoms with van der Waals surface area (Å²) in [5.74, 6) is 0.530. The van der Waals surface area contributed by atoms with Crippen molar-refractivity contribution in [2.75, 3.05) is 13.1 Å². The Morgan fingerprint density at radius 2 is 2.05 bits per heavy atom. The molecule has 1 aromatic rings. The molecule has 2 unspecified atom stereocenters. The molecule has 2 N–H and O–H groups in total. The van der Waals surface area contributed by atoms with E-state index in [2.05, 4.69) is 6.92 Å². The number of hydrogen-bond donors (Lipinski definition) is 1. The molecule has 2 rings (SSSR count). The zero-order valence-electron chi connectivity index (χ0n) is 11.8. The molecule has 106 valence electrons. The van der Waals surface area contributed by atoms with Gasteiger partial charge in [-0.1, -0.05) is 19.1 Å². The summed E-state index contributed by atoms with van der Waals surface area (Å²) in [6.45, 7) is 7.72. The maximum atomic E-state index is 12.5. The van der Waals surface area contributed by atoms with Crippen molar-refractivity contribution in [3.8, 4) is 0 Å². The van der Waals surface area contributed by atoms with E-state index in [1.165, 1.54) is 5.56 Å². The van der Waals surface area contributed by atoms with E-state index in [4.69, 9.17) is 5.73 Å². The van der Waals surface area contributed by atoms with Crippen molar-refractivity contribution >= 4 is 18.3 Å². The summed E-state index contributed by atoms with van der Waals surface area (Å²) >= 11 is 0. The van der Waals surface area contributed by atoms with Crippen molar-refractivity contribution in [3.05, 3.63) is 34.9 Å². The van der Waals surface area contributed by atoms with Gasteiger partial charge in [0.05, 0.1) is 0 Å². The smallest absolute Gasteiger partial charge is 0.254 e. The summed E-state index contributed by atoms with van der Waals surface area (Å²) in [5, 5.41) is 0. The third-order valence-electron chi connectivity index (χ3n) is 4.09. The first-order chi connectivity index (χ1) is 8.50. The number of hydrogen-bond acceptors (Lipinski definition) is 2. The average molecular weight is 283 g/mol. The number of benzene rings is 1. The van der Waals surface area contributed by atoms with E-state index in [1.807, 2.05) is 36.9 Å². The number of likely N-dealkylation sites (tertiary alicyclic amines) is 1. The van der Waals surface area contributed by atoms with Gasteiger partial charge in [0.2, 0.25) is 0 Å². The van der Waals surface area contributed by atoms with E-state index < -0.39 is 0 Å². The molecule has 1 fully saturated rings. The van der Waals surface area contributed by atoms with E-state index in [9.17, 15) is 4.79 Å². The van der Waals surface area contributed by atoms with Crippen LogP contribution in [0, 0.1) is 19.8 Å². The highest BCUT2D eigenvalue weighted by Crippen LogP contribution is 2.20. The van der Waals surface area contributed by atoms with Gasteiger partial charge in [0.25, 0.3) is 5.91 Å². The van der Waals surface area contributed by atoms with Crippen molar-refractivity contribution in [2.45, 2.75) is 33.2 Å². The van der Waals surface area contributed by atoms with Crippen molar-refractivity contribution in [2.24, 2.45) is 11.7 Å². The van der Waals surface area contributed by atoms with Crippen LogP contribution < -0.4 is 5.73 Å². The monoisotopic (exact) mass is 282 g/mol. The lowest BCUT2D eigenvalue weighted by molar-refractivity contribution is 0.0663. The Morgan fingerprint density at radius 1 is 1.37 bits per heavy atom. The van der Waals surface area contributed by atoms with Crippen LogP contribution in [0.2, 0.25) is 0 Å². The molecule has 1 heterocycles. The highest BCUT2D eigenvalue weighted by molar-refractivity contribution is 5.96. The molecule has 1 aliphatic heterocycles. The molecular formula is C15H23ClN2O. The number of nitrogens with two attached hydrogens (primary N) is 1. The first-order valence-electron chi connectivity index (χ1n) is 6.61. The number of carbonyl (C=O) groups excluding carboxylic acids is 1. The largest absolute Gasteiger partial charge is 0.338 e. The Labute approximate surface area is 121 Å². The minimum absolute atomic E-state index is 0. The van der Waals surface area contributed by atoms with Gasteiger partial charge in [0.1, 0.15) is 0 Å². The highest BCUT2D eigenvalue weighted by atomic mass is 35.5. The van der Waals surface area contributed by atoms with Gasteiger partial charge in [-0.2, -0.15) is 0 Å². The molecule has 1 aliphatic rings. The summed E-state index contributed by atoms with van der Waals surface area (Å²) in [5.41, 5.74) is 9.08. The quantitative estimate of drug-likeness (QED) is 0.860. The maximum Gasteiger partial charge on any atom is 0.254 e. The molecule has 4 heteroatoms. The zero-order valence-corrected chi connectivity index (χ0v) is 12.7. The molecule has 0 saturated carbocycles. The zero-order chi connectivity index (χ0) is 13.3. The minimum Gasteiger partial charge on any atom is -0.338 e. The first-order valence-corrected chi connectivity index (χ1v) is 6.61. The lowest BCUT2D eigenvalue weighted by Gasteiger charge is -2.35. The summed E-state index contributed by atoms with van der Waals surface area (Å²) in [6.07, 6.45) is 0.901. The maximum absolute atomic E-state index is 12.5. The number of nitrogens with zero attached hydrogens (tertiary/aromatic N) is 1. The van der Waals surface area contributed by atoms with Crippen molar-refractivity contribution < 1.29 is 4.79 Å². The van der Waals surface area contributed by atoms with Gasteiger partial charge >= 0.3 is 0 Å². The molecule has 0 spiro atoms. The Balaban J connectivity index is 0.00000180. The van der Waals surface area contributed by atoms with E-state index in [0.29, 0.717) is 5.92 Å². The Bertz CT molecular complexity index is 461. The second-order valence-electron chi connectivity index (χ2n) is 5.43. The van der Waals surface area contributed by atoms with Gasteiger partial charge in [0.15, 0.2) is 0 Å². The Morgan fingerprint density at radius 3 is 2.68 bits per heavy atom. The second-order valence-corrected chi connectivity index (χ2v) is 5.43. The molecule has 0 aromatic heterocycles. The molecule has 3 nitrogen and oxygen atoms in total. The number of amides is 1. The van der Waals surface area contributed by atoms with Crippen LogP contribution in [-0.2, 0) is 0 Å². The fourth-order valence-corrected chi connectivity index (χ4v) is 2.50. The van der Waals surface area contributed by atoms with E-state index >= 15 is 0 Å². The van der Waals surface area contributed by atoms with Crippen molar-refractivity contribution in [1.29, 1.82) is 0 Å². The van der Waals surface area contributed by atoms with Crippen LogP contribution in [0.1, 0.15) is 34.8 Å². The van der Waals surface area contributed by atoms with Crippen LogP contribution in [0.3, 0.4) is 0 Å². The number of halogens is 1. The normalized spacial score (nSPS) is 22.8. The third kappa shape index (κ3) is 3.28. The van der Waals surface area contributed by atoms with Gasteiger partial charge < -0.3 is 10.6 Å². The van der Waals surface area contributed by atoms with Gasteiger partial charge in [-0.05, 0) is 43.4 Å². The van der Waals surface area contributed by atoms with E-state index in [1.54, 1.807) is 0 Å². The fourth-order valence-electron chi connectivity index (χ4n) is 2.50. The van der Waals surface area contributed by atoms with Crippen molar-refractivity contribution in [1.82, 2.24) is 4.90 Å². The highest BCUT2D eigenvalue weighted by Gasteiger charge is 2.27. The third-order valence-corrected chi connectivity index (χ3v) is 4.09. The van der Waals surface area contributed by atoms with E-state index in [0.717, 1.165) is 30.6 Å². The van der Waals surface area contributed by atoms with Crippen LogP contribution in [0.25, 0.3) is 0 Å². The number of carbonyl (C=O) groups is 1. The number of piperidine rings is 1. The second kappa shape index (κ2) is 6.40. The Hall–Kier alpha value is -1.06. The molecular weight excluding hydrogens is 260 g/mol. The molecule has 1 amide bonds. The SMILES string of the molecule is Cc1cccc(C(=O)N2CCC(N)C(C)C2)c1C.Cl. The lowest BCUT2D eigenvalue weighted by atomic mass is 9.93. The van der Waals surface area contributed by atoms with Gasteiger partial charge in [0, 0.05) is 24.7 Å². The van der Waals surface area contributed by atoms with Crippen molar-refractivity contribution in [3.63, 3.8) is 0 Å². The standard InChI is InChI=1S/C15H22N2O.ClH/c1-10-5-4-6-13(12(10)3)15(18)17-8-7-14(16)11(2)9-17;/h4-6,11,14H,7-9,16H2,1-3H3;1H. The molecule has 1 aromatic carbocycles. The van der Waals surface area contributed by atoms with Crippen LogP contribution in [-0.4, -0.2) is 29.9 Å². The summed E-state index contributed by atoms with van der Waals surface area (Å²) in [4.78, 5) is 14.5. The Kier molecular flexibility index (Phi) is 5.39. The predicted molar refractivity (Wildman–Crippen MR) is 80.8 cm³/mol. The van der Waals surface area contributed by atoms with Crippen LogP contribution in [0.4, 0.5) is 0 Å². The fraction of sp³-hybridized carbons (Fsp3) is 0.533. The first kappa shape index (κ1) is 16.0. The number of rotatable bonds is 1. The molecule has 0 bridgehead atoms. The van der Waals surface area contributed by atoms with Crippen LogP contribution in [0.5, 0.6) is 0 Å². The molecule has 2 atom stereocenters. The van der Waals surface area contributed by atoms with Gasteiger partial charge in [-0.3, -0.25) is 4.79 Å². The van der Waals surface area contributed by atoms with E-state index in [-0.39, 0.29) is 24.4 Å². The van der Waals surface area contributed by atoms with Crippen LogP contribution >= 0.6 is 12.4 Å². The molecule has 0 radical (unpaired) electrons. The average Bonchev–Trinajstić information content (AvgIpc) is 2.35. The summed E-state index contributed by atoms with van der Waals surface area (Å²) in [6, 6.07) is 6.15. The number of aryl methyl sites for hydroxylation is 1. The van der Waals surface area contributed by atoms with Gasteiger partial charge in [-0.15, -0.1) is 12.4 Å². The van der Waals surface area contributed by atoms with Crippen LogP contribution in [0.15, 0.2) is 18.2 Å². The summed E-state index contributed by atoms with van der Waals surface area (Å²) in [7, 11) is 0. The summed E-state index contributed by atoms with van der Waals surface area (Å²) < 4.78 is 0. The minimum atomic E-state index is 0. The van der Waals surface area contributed by atoms with Gasteiger partial charge in [-0.25, -0.2) is 0 Å².